The van der Waals surface area contributed by atoms with Gasteiger partial charge in [-0.1, -0.05) is 12.8 Å². The van der Waals surface area contributed by atoms with Gasteiger partial charge in [0.2, 0.25) is 0 Å². The number of hydrogen-bond donors (Lipinski definition) is 1. The van der Waals surface area contributed by atoms with Crippen LogP contribution >= 0.6 is 0 Å². The van der Waals surface area contributed by atoms with Crippen LogP contribution in [0.25, 0.3) is 0 Å². The molecule has 1 N–H and O–H groups in total. The Balaban J connectivity index is 1.70. The highest BCUT2D eigenvalue weighted by Gasteiger charge is 2.39. The predicted octanol–water partition coefficient (Wildman–Crippen LogP) is 1.87. The standard InChI is InChI=1S/C16H27N5O2/c1-11(12-6-4-5-7-12)18-16(22)21-9-13(23-3)8-14(21)15-19-17-10-20(15)2/h10-14H,4-9H2,1-3H3,(H,18,22)/t11-,13+,14-/m0/s1. The molecule has 3 rings (SSSR count). The zero-order valence-corrected chi connectivity index (χ0v) is 14.2. The first-order valence-electron chi connectivity index (χ1n) is 8.54. The first kappa shape index (κ1) is 16.2. The van der Waals surface area contributed by atoms with Crippen molar-refractivity contribution in [3.63, 3.8) is 0 Å². The first-order chi connectivity index (χ1) is 11.1. The number of rotatable bonds is 4. The van der Waals surface area contributed by atoms with Gasteiger partial charge < -0.3 is 19.5 Å². The molecule has 2 aliphatic rings. The quantitative estimate of drug-likeness (QED) is 0.919. The van der Waals surface area contributed by atoms with Crippen LogP contribution in [0.2, 0.25) is 0 Å². The van der Waals surface area contributed by atoms with Crippen LogP contribution in [-0.2, 0) is 11.8 Å². The summed E-state index contributed by atoms with van der Waals surface area (Å²) in [6.45, 7) is 2.71. The summed E-state index contributed by atoms with van der Waals surface area (Å²) in [7, 11) is 3.60. The van der Waals surface area contributed by atoms with E-state index < -0.39 is 0 Å². The van der Waals surface area contributed by atoms with Crippen LogP contribution in [-0.4, -0.2) is 51.5 Å². The van der Waals surface area contributed by atoms with Gasteiger partial charge in [0.25, 0.3) is 0 Å². The van der Waals surface area contributed by atoms with Gasteiger partial charge in [-0.25, -0.2) is 4.79 Å². The zero-order valence-electron chi connectivity index (χ0n) is 14.2. The summed E-state index contributed by atoms with van der Waals surface area (Å²) in [6.07, 6.45) is 7.47. The lowest BCUT2D eigenvalue weighted by molar-refractivity contribution is 0.110. The van der Waals surface area contributed by atoms with Gasteiger partial charge in [-0.15, -0.1) is 10.2 Å². The van der Waals surface area contributed by atoms with Crippen molar-refractivity contribution < 1.29 is 9.53 Å². The van der Waals surface area contributed by atoms with Gasteiger partial charge >= 0.3 is 6.03 Å². The van der Waals surface area contributed by atoms with Gasteiger partial charge in [0.15, 0.2) is 5.82 Å². The van der Waals surface area contributed by atoms with Crippen LogP contribution in [0.1, 0.15) is 50.9 Å². The average molecular weight is 321 g/mol. The van der Waals surface area contributed by atoms with E-state index in [1.807, 2.05) is 16.5 Å². The molecule has 1 aromatic heterocycles. The number of methoxy groups -OCH3 is 1. The first-order valence-corrected chi connectivity index (χ1v) is 8.54. The van der Waals surface area contributed by atoms with Gasteiger partial charge in [-0.2, -0.15) is 0 Å². The lowest BCUT2D eigenvalue weighted by Crippen LogP contribution is -2.46. The number of hydrogen-bond acceptors (Lipinski definition) is 4. The van der Waals surface area contributed by atoms with Crippen molar-refractivity contribution >= 4 is 6.03 Å². The number of carbonyl (C=O) groups is 1. The Kier molecular flexibility index (Phi) is 4.84. The minimum absolute atomic E-state index is 0.0167. The van der Waals surface area contributed by atoms with E-state index in [1.165, 1.54) is 25.7 Å². The molecule has 7 heteroatoms. The molecule has 0 radical (unpaired) electrons. The monoisotopic (exact) mass is 321 g/mol. The Morgan fingerprint density at radius 1 is 1.43 bits per heavy atom. The molecule has 2 heterocycles. The van der Waals surface area contributed by atoms with Gasteiger partial charge in [0.05, 0.1) is 12.1 Å². The lowest BCUT2D eigenvalue weighted by atomic mass is 10.00. The predicted molar refractivity (Wildman–Crippen MR) is 85.8 cm³/mol. The Morgan fingerprint density at radius 3 is 2.78 bits per heavy atom. The van der Waals surface area contributed by atoms with Gasteiger partial charge in [0.1, 0.15) is 6.33 Å². The van der Waals surface area contributed by atoms with Crippen molar-refractivity contribution in [3.05, 3.63) is 12.2 Å². The van der Waals surface area contributed by atoms with Crippen LogP contribution < -0.4 is 5.32 Å². The van der Waals surface area contributed by atoms with Crippen molar-refractivity contribution in [2.24, 2.45) is 13.0 Å². The topological polar surface area (TPSA) is 72.3 Å². The van der Waals surface area contributed by atoms with Crippen LogP contribution in [0.3, 0.4) is 0 Å². The molecule has 2 fully saturated rings. The number of nitrogens with zero attached hydrogens (tertiary/aromatic N) is 4. The normalized spacial score (nSPS) is 26.7. The van der Waals surface area contributed by atoms with Crippen LogP contribution in [0, 0.1) is 5.92 Å². The molecule has 1 aromatic rings. The van der Waals surface area contributed by atoms with E-state index in [2.05, 4.69) is 22.4 Å². The highest BCUT2D eigenvalue weighted by Crippen LogP contribution is 2.33. The van der Waals surface area contributed by atoms with E-state index >= 15 is 0 Å². The Bertz CT molecular complexity index is 540. The molecule has 128 valence electrons. The van der Waals surface area contributed by atoms with E-state index in [4.69, 9.17) is 4.74 Å². The summed E-state index contributed by atoms with van der Waals surface area (Å²) in [4.78, 5) is 14.6. The fourth-order valence-electron chi connectivity index (χ4n) is 3.88. The average Bonchev–Trinajstić information content (AvgIpc) is 3.26. The fraction of sp³-hybridized carbons (Fsp3) is 0.812. The maximum atomic E-state index is 12.8. The van der Waals surface area contributed by atoms with Crippen molar-refractivity contribution in [2.45, 2.75) is 57.2 Å². The molecule has 1 aliphatic heterocycles. The fourth-order valence-corrected chi connectivity index (χ4v) is 3.88. The molecule has 0 unspecified atom stereocenters. The number of nitrogens with one attached hydrogen (secondary N) is 1. The molecular formula is C16H27N5O2. The summed E-state index contributed by atoms with van der Waals surface area (Å²) in [5.41, 5.74) is 0. The summed E-state index contributed by atoms with van der Waals surface area (Å²) < 4.78 is 7.36. The van der Waals surface area contributed by atoms with Crippen LogP contribution in [0.4, 0.5) is 4.79 Å². The minimum atomic E-state index is -0.0803. The molecular weight excluding hydrogens is 294 g/mol. The highest BCUT2D eigenvalue weighted by molar-refractivity contribution is 5.75. The van der Waals surface area contributed by atoms with Gasteiger partial charge in [-0.05, 0) is 25.7 Å². The lowest BCUT2D eigenvalue weighted by Gasteiger charge is -2.28. The van der Waals surface area contributed by atoms with Crippen molar-refractivity contribution in [1.82, 2.24) is 25.0 Å². The Morgan fingerprint density at radius 2 is 2.17 bits per heavy atom. The number of carbonyl (C=O) groups excluding carboxylic acids is 1. The zero-order chi connectivity index (χ0) is 16.4. The number of amides is 2. The third-order valence-corrected chi connectivity index (χ3v) is 5.36. The van der Waals surface area contributed by atoms with Gasteiger partial charge in [-0.3, -0.25) is 0 Å². The molecule has 0 spiro atoms. The Labute approximate surface area is 137 Å². The number of ether oxygens (including phenoxy) is 1. The molecule has 0 bridgehead atoms. The summed E-state index contributed by atoms with van der Waals surface area (Å²) in [5, 5.41) is 11.3. The van der Waals surface area contributed by atoms with E-state index in [1.54, 1.807) is 13.4 Å². The van der Waals surface area contributed by atoms with Crippen molar-refractivity contribution in [3.8, 4) is 0 Å². The third kappa shape index (κ3) is 3.34. The summed E-state index contributed by atoms with van der Waals surface area (Å²) in [5.74, 6) is 1.42. The van der Waals surface area contributed by atoms with Crippen molar-refractivity contribution in [1.29, 1.82) is 0 Å². The second kappa shape index (κ2) is 6.86. The summed E-state index contributed by atoms with van der Waals surface area (Å²) in [6, 6.07) is 0.118. The molecule has 0 aromatic carbocycles. The molecule has 1 saturated heterocycles. The largest absolute Gasteiger partial charge is 0.380 e. The van der Waals surface area contributed by atoms with Gasteiger partial charge in [0, 0.05) is 33.2 Å². The number of urea groups is 1. The summed E-state index contributed by atoms with van der Waals surface area (Å²) >= 11 is 0. The minimum Gasteiger partial charge on any atom is -0.380 e. The van der Waals surface area contributed by atoms with Crippen LogP contribution in [0.15, 0.2) is 6.33 Å². The molecule has 2 amide bonds. The Hall–Kier alpha value is -1.63. The third-order valence-electron chi connectivity index (χ3n) is 5.36. The SMILES string of the molecule is CO[C@@H]1C[C@@H](c2nncn2C)N(C(=O)N[C@@H](C)C2CCCC2)C1. The number of likely N-dealkylation sites (tertiary alicyclic amines) is 1. The second-order valence-electron chi connectivity index (χ2n) is 6.84. The van der Waals surface area contributed by atoms with Crippen LogP contribution in [0.5, 0.6) is 0 Å². The molecule has 1 saturated carbocycles. The molecule has 7 nitrogen and oxygen atoms in total. The maximum absolute atomic E-state index is 12.8. The smallest absolute Gasteiger partial charge is 0.318 e. The number of aromatic nitrogens is 3. The molecule has 3 atom stereocenters. The van der Waals surface area contributed by atoms with Crippen molar-refractivity contribution in [2.75, 3.05) is 13.7 Å². The van der Waals surface area contributed by atoms with E-state index in [0.29, 0.717) is 12.5 Å². The van der Waals surface area contributed by atoms with E-state index in [9.17, 15) is 4.79 Å². The molecule has 23 heavy (non-hydrogen) atoms. The number of aryl methyl sites for hydroxylation is 1. The van der Waals surface area contributed by atoms with E-state index in [0.717, 1.165) is 12.2 Å². The molecule has 1 aliphatic carbocycles. The van der Waals surface area contributed by atoms with E-state index in [-0.39, 0.29) is 24.2 Å². The highest BCUT2D eigenvalue weighted by atomic mass is 16.5. The maximum Gasteiger partial charge on any atom is 0.318 e. The second-order valence-corrected chi connectivity index (χ2v) is 6.84.